The minimum absolute atomic E-state index is 0. The summed E-state index contributed by atoms with van der Waals surface area (Å²) in [7, 11) is 6.50. The molecule has 2 fully saturated rings. The molecule has 2 bridgehead atoms. The standard InChI is InChI=1S/C44H55N4O7.Ac/c1-7-27-20-28-23-42(26-55-54-6,36-30(14-18-47(24-27)25-28)29-12-9-10-13-33(29)45-36)32-21-31-34(22-35(32)52-4)46(3)38-43(31)16-19-48-17-11-15-41(8-2,37(43)48)39(49)44(38,51)40(50)53-5;/h9-13,15,20-22,24,28,37-39,45,49,51H,7-8,14,16-19,23,25-26H2,1-6H3;/q+1;/t28-,37?,38?,39?,41+,42?,43+,44?;/m0./s1. The van der Waals surface area contributed by atoms with E-state index in [2.05, 4.69) is 89.1 Å². The Morgan fingerprint density at radius 3 is 2.64 bits per heavy atom. The quantitative estimate of drug-likeness (QED) is 0.0993. The van der Waals surface area contributed by atoms with Gasteiger partial charge in [0.05, 0.1) is 39.4 Å². The molecule has 8 atom stereocenters. The summed E-state index contributed by atoms with van der Waals surface area (Å²) in [6, 6.07) is 12.0. The van der Waals surface area contributed by atoms with Gasteiger partial charge in [-0.15, -0.1) is 0 Å². The van der Waals surface area contributed by atoms with Crippen LogP contribution in [-0.2, 0) is 36.6 Å². The zero-order valence-electron chi connectivity index (χ0n) is 33.5. The second-order valence-electron chi connectivity index (χ2n) is 16.8. The maximum absolute atomic E-state index is 14.1. The molecular formula is C44H55AcN4O7+. The summed E-state index contributed by atoms with van der Waals surface area (Å²) in [6.45, 7) is 7.76. The topological polar surface area (TPSA) is 120 Å². The first kappa shape index (κ1) is 40.2. The minimum atomic E-state index is -2.22. The van der Waals surface area contributed by atoms with Gasteiger partial charge in [-0.2, -0.15) is 0 Å². The Hall–Kier alpha value is -2.56. The van der Waals surface area contributed by atoms with Gasteiger partial charge in [-0.25, -0.2) is 19.1 Å². The second-order valence-corrected chi connectivity index (χ2v) is 16.8. The van der Waals surface area contributed by atoms with Crippen LogP contribution >= 0.6 is 0 Å². The Kier molecular flexibility index (Phi) is 10.5. The van der Waals surface area contributed by atoms with E-state index >= 15 is 0 Å². The molecule has 9 rings (SSSR count). The molecule has 0 amide bonds. The number of fused-ring (bicyclic) bond motifs is 6. The number of anilines is 1. The predicted molar refractivity (Wildman–Crippen MR) is 210 cm³/mol. The van der Waals surface area contributed by atoms with Crippen LogP contribution in [0.25, 0.3) is 10.9 Å². The largest absolute Gasteiger partial charge is 0.496 e. The van der Waals surface area contributed by atoms with Gasteiger partial charge in [0.15, 0.2) is 6.21 Å². The van der Waals surface area contributed by atoms with Crippen molar-refractivity contribution in [2.24, 2.45) is 11.3 Å². The molecule has 2 aromatic carbocycles. The van der Waals surface area contributed by atoms with Crippen LogP contribution in [0.2, 0.25) is 0 Å². The summed E-state index contributed by atoms with van der Waals surface area (Å²) >= 11 is 0. The SMILES string of the molecule is CCC1=C[C@@H]2C[N+](=C1)CCc1c([nH]c3ccccc13)C(COOC)(c1cc3c(cc1OC)N(C)C1C(O)(C(=O)OC)C(O)[C@]4(CC)C=CCN5CC[C@]31C54)C2.[Ac]. The number of aromatic amines is 1. The number of hydrogen-bond donors (Lipinski definition) is 3. The van der Waals surface area contributed by atoms with Crippen LogP contribution in [0, 0.1) is 55.4 Å². The summed E-state index contributed by atoms with van der Waals surface area (Å²) < 4.78 is 14.3. The van der Waals surface area contributed by atoms with Crippen LogP contribution in [0.4, 0.5) is 5.69 Å². The van der Waals surface area contributed by atoms with Gasteiger partial charge in [0.1, 0.15) is 24.9 Å². The van der Waals surface area contributed by atoms with Crippen LogP contribution in [0.15, 0.2) is 60.2 Å². The average Bonchev–Trinajstić information content (AvgIpc) is 3.87. The molecule has 6 heterocycles. The van der Waals surface area contributed by atoms with E-state index in [0.717, 1.165) is 67.0 Å². The molecule has 6 aliphatic rings. The maximum atomic E-state index is 14.1. The van der Waals surface area contributed by atoms with E-state index in [4.69, 9.17) is 19.2 Å². The Morgan fingerprint density at radius 1 is 1.11 bits per heavy atom. The number of benzene rings is 2. The molecule has 1 saturated carbocycles. The molecule has 1 radical (unpaired) electrons. The molecule has 1 spiro atoms. The van der Waals surface area contributed by atoms with Gasteiger partial charge < -0.3 is 29.6 Å². The van der Waals surface area contributed by atoms with Crippen molar-refractivity contribution in [2.45, 2.75) is 80.6 Å². The number of carbonyl (C=O) groups is 1. The normalized spacial score (nSPS) is 34.2. The maximum Gasteiger partial charge on any atom is 0.342 e. The fourth-order valence-electron chi connectivity index (χ4n) is 12.6. The minimum Gasteiger partial charge on any atom is -0.496 e. The van der Waals surface area contributed by atoms with Crippen molar-refractivity contribution < 1.29 is 82.9 Å². The zero-order chi connectivity index (χ0) is 38.5. The first-order chi connectivity index (χ1) is 26.6. The fraction of sp³-hybridized carbons (Fsp3) is 0.545. The number of ether oxygens (including phenoxy) is 2. The van der Waals surface area contributed by atoms with E-state index in [0.29, 0.717) is 25.0 Å². The summed E-state index contributed by atoms with van der Waals surface area (Å²) in [4.78, 5) is 34.1. The molecule has 5 aliphatic heterocycles. The third kappa shape index (κ3) is 5.28. The van der Waals surface area contributed by atoms with E-state index in [9.17, 15) is 15.0 Å². The van der Waals surface area contributed by atoms with Gasteiger partial charge in [0.2, 0.25) is 5.60 Å². The number of para-hydroxylation sites is 1. The molecule has 3 aromatic rings. The van der Waals surface area contributed by atoms with Gasteiger partial charge >= 0.3 is 5.97 Å². The number of esters is 1. The van der Waals surface area contributed by atoms with Crippen molar-refractivity contribution in [3.05, 3.63) is 82.6 Å². The van der Waals surface area contributed by atoms with E-state index in [-0.39, 0.29) is 62.6 Å². The number of methoxy groups -OCH3 is 2. The van der Waals surface area contributed by atoms with Crippen LogP contribution in [0.1, 0.15) is 61.9 Å². The van der Waals surface area contributed by atoms with Gasteiger partial charge in [-0.1, -0.05) is 50.3 Å². The number of likely N-dealkylation sites (N-methyl/N-ethyl adjacent to an activating group) is 1. The summed E-state index contributed by atoms with van der Waals surface area (Å²) in [6.07, 6.45) is 11.3. The smallest absolute Gasteiger partial charge is 0.342 e. The average molecular weight is 979 g/mol. The molecule has 295 valence electrons. The summed E-state index contributed by atoms with van der Waals surface area (Å²) in [5, 5.41) is 26.6. The van der Waals surface area contributed by atoms with Crippen molar-refractivity contribution in [3.63, 3.8) is 0 Å². The van der Waals surface area contributed by atoms with Crippen LogP contribution in [-0.4, -0.2) is 122 Å². The van der Waals surface area contributed by atoms with Gasteiger partial charge in [-0.3, -0.25) is 4.90 Å². The molecule has 1 aromatic heterocycles. The first-order valence-electron chi connectivity index (χ1n) is 20.0. The molecule has 3 N–H and O–H groups in total. The number of H-pyrrole nitrogens is 1. The van der Waals surface area contributed by atoms with E-state index in [1.165, 1.54) is 23.6 Å². The third-order valence-electron chi connectivity index (χ3n) is 14.7. The molecule has 11 nitrogen and oxygen atoms in total. The zero-order valence-corrected chi connectivity index (χ0v) is 38.3. The predicted octanol–water partition coefficient (Wildman–Crippen LogP) is 4.41. The first-order valence-corrected chi connectivity index (χ1v) is 20.0. The second kappa shape index (κ2) is 14.6. The number of aliphatic hydroxyl groups is 2. The fourth-order valence-corrected chi connectivity index (χ4v) is 12.6. The van der Waals surface area contributed by atoms with Crippen LogP contribution < -0.4 is 9.64 Å². The monoisotopic (exact) mass is 978 g/mol. The number of allylic oxidation sites excluding steroid dienone is 1. The summed E-state index contributed by atoms with van der Waals surface area (Å²) in [5.41, 5.74) is 2.98. The Bertz CT molecular complexity index is 2150. The Morgan fingerprint density at radius 2 is 1.91 bits per heavy atom. The Balaban J connectivity index is 0.00000441. The number of nitrogens with one attached hydrogen (secondary N) is 1. The third-order valence-corrected chi connectivity index (χ3v) is 14.7. The number of aliphatic hydroxyl groups excluding tert-OH is 1. The van der Waals surface area contributed by atoms with Crippen molar-refractivity contribution in [3.8, 4) is 5.75 Å². The van der Waals surface area contributed by atoms with Crippen LogP contribution in [0.5, 0.6) is 5.75 Å². The van der Waals surface area contributed by atoms with Gasteiger partial charge in [0.25, 0.3) is 0 Å². The molecule has 56 heavy (non-hydrogen) atoms. The van der Waals surface area contributed by atoms with E-state index in [1.54, 1.807) is 14.2 Å². The van der Waals surface area contributed by atoms with Crippen LogP contribution in [0.3, 0.4) is 0 Å². The van der Waals surface area contributed by atoms with Crippen molar-refractivity contribution in [1.29, 1.82) is 0 Å². The Labute approximate surface area is 365 Å². The number of carbonyl (C=O) groups excluding carboxylic acids is 1. The number of hydrogen-bond acceptors (Lipinski definition) is 9. The molecule has 5 unspecified atom stereocenters. The van der Waals surface area contributed by atoms with Gasteiger partial charge in [0, 0.05) is 126 Å². The van der Waals surface area contributed by atoms with Crippen molar-refractivity contribution in [2.75, 3.05) is 66.1 Å². The summed E-state index contributed by atoms with van der Waals surface area (Å²) in [5.74, 6) is 0.0585. The van der Waals surface area contributed by atoms with Crippen molar-refractivity contribution >= 4 is 28.8 Å². The number of aromatic nitrogens is 1. The van der Waals surface area contributed by atoms with E-state index < -0.39 is 40.0 Å². The van der Waals surface area contributed by atoms with Crippen molar-refractivity contribution in [1.82, 2.24) is 9.88 Å². The molecule has 12 heteroatoms. The van der Waals surface area contributed by atoms with E-state index in [1.807, 2.05) is 11.9 Å². The van der Waals surface area contributed by atoms with Gasteiger partial charge in [-0.05, 0) is 55.5 Å². The number of rotatable bonds is 8. The number of nitrogens with zero attached hydrogens (tertiary/aromatic N) is 3. The molecule has 1 saturated heterocycles. The molecular weight excluding hydrogens is 924 g/mol. The molecule has 1 aliphatic carbocycles.